The Hall–Kier alpha value is -2.35. The molecule has 0 aromatic heterocycles. The monoisotopic (exact) mass is 239 g/mol. The lowest BCUT2D eigenvalue weighted by molar-refractivity contribution is -0.450. The van der Waals surface area contributed by atoms with Gasteiger partial charge in [-0.1, -0.05) is 0 Å². The summed E-state index contributed by atoms with van der Waals surface area (Å²) in [6, 6.07) is 0. The van der Waals surface area contributed by atoms with E-state index in [2.05, 4.69) is 32.0 Å². The number of carbonyl (C=O) groups excluding carboxylic acids is 3. The first-order valence-corrected chi connectivity index (χ1v) is 3.39. The minimum absolute atomic E-state index is 0.285. The number of amides is 3. The summed E-state index contributed by atoms with van der Waals surface area (Å²) in [6.07, 6.45) is -3.89. The summed E-state index contributed by atoms with van der Waals surface area (Å²) < 4.78 is 0. The van der Waals surface area contributed by atoms with Gasteiger partial charge in [0.1, 0.15) is 0 Å². The van der Waals surface area contributed by atoms with Gasteiger partial charge in [-0.3, -0.25) is 30.8 Å². The summed E-state index contributed by atoms with van der Waals surface area (Å²) in [7, 11) is 0. The second kappa shape index (κ2) is 7.01. The van der Waals surface area contributed by atoms with Gasteiger partial charge in [0.05, 0.1) is 0 Å². The van der Waals surface area contributed by atoms with E-state index in [0.717, 1.165) is 0 Å². The molecule has 0 heterocycles. The number of hydrogen-bond donors (Lipinski definition) is 6. The summed E-state index contributed by atoms with van der Waals surface area (Å²) in [5.41, 5.74) is 4.47. The van der Waals surface area contributed by atoms with Crippen LogP contribution in [0.4, 0.5) is 14.4 Å². The molecule has 0 fully saturated rings. The van der Waals surface area contributed by atoms with E-state index in [1.807, 2.05) is 0 Å². The maximum absolute atomic E-state index is 10.6. The molecule has 13 nitrogen and oxygen atoms in total. The minimum atomic E-state index is -1.30. The van der Waals surface area contributed by atoms with Gasteiger partial charge < -0.3 is 0 Å². The van der Waals surface area contributed by atoms with Crippen molar-refractivity contribution in [3.05, 3.63) is 0 Å². The van der Waals surface area contributed by atoms with Crippen molar-refractivity contribution in [3.63, 3.8) is 0 Å². The summed E-state index contributed by atoms with van der Waals surface area (Å²) in [6.45, 7) is 0. The van der Waals surface area contributed by atoms with Crippen molar-refractivity contribution in [2.24, 2.45) is 17.5 Å². The fraction of sp³-hybridized carbons (Fsp3) is 0. The van der Waals surface area contributed by atoms with Gasteiger partial charge in [-0.05, 0) is 0 Å². The molecule has 13 heteroatoms. The molecule has 0 aromatic rings. The molecule has 0 unspecified atom stereocenters. The first-order chi connectivity index (χ1) is 7.53. The fourth-order valence-corrected chi connectivity index (χ4v) is 0.338. The number of nitrogens with one attached hydrogen (secondary N) is 3. The molecule has 0 aliphatic rings. The van der Waals surface area contributed by atoms with Gasteiger partial charge in [-0.2, -0.15) is 0 Å². The van der Waals surface area contributed by atoms with Gasteiger partial charge in [0, 0.05) is 0 Å². The van der Waals surface area contributed by atoms with E-state index >= 15 is 0 Å². The second-order valence-electron chi connectivity index (χ2n) is 1.79. The highest BCUT2D eigenvalue weighted by Gasteiger charge is 2.21. The van der Waals surface area contributed by atoms with E-state index in [0.29, 0.717) is 0 Å². The standard InChI is InChI=1S/C3H9N7O6/c4-7-1(11)14-10(15-2(12)8-5)16-3(13)9-6/h4-6H2,(H,7,11)(H,8,12)(H,9,13). The largest absolute Gasteiger partial charge is 0.445 e. The minimum Gasteiger partial charge on any atom is -0.279 e. The molecule has 0 rings (SSSR count). The summed E-state index contributed by atoms with van der Waals surface area (Å²) in [5.74, 6) is 13.9. The third-order valence-corrected chi connectivity index (χ3v) is 0.826. The van der Waals surface area contributed by atoms with Crippen LogP contribution < -0.4 is 33.8 Å². The number of rotatable bonds is 3. The Morgan fingerprint density at radius 3 is 1.19 bits per heavy atom. The molecular weight excluding hydrogens is 230 g/mol. The predicted molar refractivity (Wildman–Crippen MR) is 43.3 cm³/mol. The molecule has 0 bridgehead atoms. The lowest BCUT2D eigenvalue weighted by Gasteiger charge is -2.15. The molecule has 0 aliphatic carbocycles. The van der Waals surface area contributed by atoms with Crippen LogP contribution in [-0.4, -0.2) is 23.7 Å². The molecule has 0 saturated heterocycles. The number of nitrogens with zero attached hydrogens (tertiary/aromatic N) is 1. The summed E-state index contributed by atoms with van der Waals surface area (Å²) in [5, 5.41) is -0.285. The van der Waals surface area contributed by atoms with Crippen molar-refractivity contribution < 1.29 is 28.9 Å². The Kier molecular flexibility index (Phi) is 5.98. The molecule has 16 heavy (non-hydrogen) atoms. The molecule has 0 spiro atoms. The Morgan fingerprint density at radius 2 is 1.00 bits per heavy atom. The number of nitrogens with two attached hydrogens (primary N) is 3. The van der Waals surface area contributed by atoms with E-state index in [-0.39, 0.29) is 5.39 Å². The predicted octanol–water partition coefficient (Wildman–Crippen LogP) is -3.17. The summed E-state index contributed by atoms with van der Waals surface area (Å²) in [4.78, 5) is 43.8. The van der Waals surface area contributed by atoms with Gasteiger partial charge in [0.2, 0.25) is 5.39 Å². The molecule has 0 saturated carbocycles. The third kappa shape index (κ3) is 5.40. The van der Waals surface area contributed by atoms with E-state index < -0.39 is 18.3 Å². The Morgan fingerprint density at radius 1 is 0.750 bits per heavy atom. The molecule has 0 radical (unpaired) electrons. The van der Waals surface area contributed by atoms with Crippen molar-refractivity contribution in [2.75, 3.05) is 0 Å². The van der Waals surface area contributed by atoms with Gasteiger partial charge in [-0.15, -0.1) is 0 Å². The fourth-order valence-electron chi connectivity index (χ4n) is 0.338. The number of hydrazine groups is 3. The molecule has 0 aliphatic heterocycles. The van der Waals surface area contributed by atoms with E-state index in [9.17, 15) is 14.4 Å². The normalized spacial score (nSPS) is 9.00. The van der Waals surface area contributed by atoms with Crippen LogP contribution in [0.15, 0.2) is 0 Å². The highest BCUT2D eigenvalue weighted by molar-refractivity contribution is 5.68. The zero-order chi connectivity index (χ0) is 12.6. The highest BCUT2D eigenvalue weighted by atomic mass is 17.2. The van der Waals surface area contributed by atoms with Gasteiger partial charge >= 0.3 is 18.3 Å². The zero-order valence-electron chi connectivity index (χ0n) is 7.63. The van der Waals surface area contributed by atoms with Crippen molar-refractivity contribution >= 4 is 18.3 Å². The van der Waals surface area contributed by atoms with Gasteiger partial charge in [-0.25, -0.2) is 31.9 Å². The molecule has 0 atom stereocenters. The number of carbonyl (C=O) groups is 3. The second-order valence-corrected chi connectivity index (χ2v) is 1.79. The van der Waals surface area contributed by atoms with Crippen LogP contribution in [0.5, 0.6) is 0 Å². The third-order valence-electron chi connectivity index (χ3n) is 0.826. The van der Waals surface area contributed by atoms with Crippen LogP contribution in [0.25, 0.3) is 0 Å². The maximum atomic E-state index is 10.6. The van der Waals surface area contributed by atoms with Crippen LogP contribution in [0.2, 0.25) is 0 Å². The first-order valence-electron chi connectivity index (χ1n) is 3.39. The lowest BCUT2D eigenvalue weighted by Crippen LogP contribution is -2.45. The van der Waals surface area contributed by atoms with Gasteiger partial charge in [0.15, 0.2) is 0 Å². The van der Waals surface area contributed by atoms with Crippen LogP contribution >= 0.6 is 0 Å². The first kappa shape index (κ1) is 13.7. The van der Waals surface area contributed by atoms with E-state index in [1.165, 1.54) is 16.3 Å². The quantitative estimate of drug-likeness (QED) is 0.166. The molecule has 0 aromatic carbocycles. The topological polar surface area (TPSA) is 196 Å². The highest BCUT2D eigenvalue weighted by Crippen LogP contribution is 1.95. The molecule has 9 N–H and O–H groups in total. The van der Waals surface area contributed by atoms with E-state index in [4.69, 9.17) is 0 Å². The summed E-state index contributed by atoms with van der Waals surface area (Å²) >= 11 is 0. The molecule has 3 amide bonds. The smallest absolute Gasteiger partial charge is 0.279 e. The van der Waals surface area contributed by atoms with Gasteiger partial charge in [0.25, 0.3) is 0 Å². The lowest BCUT2D eigenvalue weighted by atomic mass is 11.2. The number of hydrogen-bond acceptors (Lipinski definition) is 10. The average Bonchev–Trinajstić information content (AvgIpc) is 2.28. The SMILES string of the molecule is NNC(=O)ON(OC(=O)NN)OC(=O)NN. The Bertz CT molecular complexity index is 226. The van der Waals surface area contributed by atoms with Crippen molar-refractivity contribution in [3.8, 4) is 0 Å². The van der Waals surface area contributed by atoms with Crippen LogP contribution in [-0.2, 0) is 14.5 Å². The Labute approximate surface area is 87.5 Å². The zero-order valence-corrected chi connectivity index (χ0v) is 7.63. The van der Waals surface area contributed by atoms with Crippen molar-refractivity contribution in [1.82, 2.24) is 21.7 Å². The Balaban J connectivity index is 4.31. The molecule has 92 valence electrons. The van der Waals surface area contributed by atoms with Crippen LogP contribution in [0.3, 0.4) is 0 Å². The van der Waals surface area contributed by atoms with Crippen molar-refractivity contribution in [2.45, 2.75) is 0 Å². The van der Waals surface area contributed by atoms with Crippen molar-refractivity contribution in [1.29, 1.82) is 0 Å². The maximum Gasteiger partial charge on any atom is 0.445 e. The van der Waals surface area contributed by atoms with E-state index in [1.54, 1.807) is 0 Å². The van der Waals surface area contributed by atoms with Crippen LogP contribution in [0.1, 0.15) is 0 Å². The van der Waals surface area contributed by atoms with Crippen LogP contribution in [0, 0.1) is 0 Å². The average molecular weight is 239 g/mol. The molecular formula is C3H9N7O6.